The zero-order valence-corrected chi connectivity index (χ0v) is 21.0. The lowest BCUT2D eigenvalue weighted by atomic mass is 9.87. The first-order valence-corrected chi connectivity index (χ1v) is 12.3. The smallest absolute Gasteiger partial charge is 0.410 e. The lowest BCUT2D eigenvalue weighted by molar-refractivity contribution is 0.0204. The minimum absolute atomic E-state index is 0.269. The number of fused-ring (bicyclic) bond motifs is 2. The van der Waals surface area contributed by atoms with Crippen LogP contribution in [0.5, 0.6) is 0 Å². The Kier molecular flexibility index (Phi) is 6.05. The van der Waals surface area contributed by atoms with Gasteiger partial charge in [-0.05, 0) is 69.7 Å². The van der Waals surface area contributed by atoms with Crippen molar-refractivity contribution in [3.8, 4) is 0 Å². The molecule has 190 valence electrons. The standard InChI is InChI=1S/C26H31FN6O3/c1-26(2,3)36-25(35)32-10-6-16(7-11-32)19-5-9-28-23-20(19)8-12-33(23)24(34)29-18-13-17-15-31(4)30-22(17)21(27)14-18/h5,9,13-16H,6-8,10-12H2,1-4H3,(H,29,34). The van der Waals surface area contributed by atoms with Gasteiger partial charge >= 0.3 is 12.1 Å². The van der Waals surface area contributed by atoms with E-state index < -0.39 is 11.4 Å². The normalized spacial score (nSPS) is 16.4. The molecule has 0 unspecified atom stereocenters. The number of likely N-dealkylation sites (tertiary alicyclic amines) is 1. The Bertz CT molecular complexity index is 1320. The molecule has 2 aliphatic rings. The number of hydrogen-bond acceptors (Lipinski definition) is 5. The van der Waals surface area contributed by atoms with Crippen molar-refractivity contribution in [2.24, 2.45) is 7.05 Å². The number of carbonyl (C=O) groups excluding carboxylic acids is 2. The summed E-state index contributed by atoms with van der Waals surface area (Å²) in [5.74, 6) is 0.441. The van der Waals surface area contributed by atoms with Crippen molar-refractivity contribution < 1.29 is 18.7 Å². The maximum absolute atomic E-state index is 14.5. The third kappa shape index (κ3) is 4.72. The molecule has 2 aliphatic heterocycles. The number of nitrogens with one attached hydrogen (secondary N) is 1. The van der Waals surface area contributed by atoms with Crippen LogP contribution in [0.15, 0.2) is 30.6 Å². The van der Waals surface area contributed by atoms with Gasteiger partial charge in [-0.25, -0.2) is 19.0 Å². The fourth-order valence-corrected chi connectivity index (χ4v) is 5.07. The minimum atomic E-state index is -0.514. The van der Waals surface area contributed by atoms with Crippen molar-refractivity contribution >= 4 is 34.5 Å². The number of halogens is 1. The average Bonchev–Trinajstić information content (AvgIpc) is 3.41. The Morgan fingerprint density at radius 2 is 1.92 bits per heavy atom. The highest BCUT2D eigenvalue weighted by atomic mass is 19.1. The molecule has 1 saturated heterocycles. The van der Waals surface area contributed by atoms with Crippen LogP contribution in [0, 0.1) is 5.82 Å². The van der Waals surface area contributed by atoms with E-state index in [1.807, 2.05) is 26.8 Å². The van der Waals surface area contributed by atoms with Crippen molar-refractivity contribution in [2.45, 2.75) is 51.6 Å². The highest BCUT2D eigenvalue weighted by molar-refractivity contribution is 6.03. The number of anilines is 2. The van der Waals surface area contributed by atoms with E-state index in [1.54, 1.807) is 40.0 Å². The number of pyridine rings is 1. The Labute approximate surface area is 209 Å². The fourth-order valence-electron chi connectivity index (χ4n) is 5.07. The number of ether oxygens (including phenoxy) is 1. The van der Waals surface area contributed by atoms with E-state index in [2.05, 4.69) is 15.4 Å². The van der Waals surface area contributed by atoms with Crippen molar-refractivity contribution in [3.05, 3.63) is 47.5 Å². The predicted octanol–water partition coefficient (Wildman–Crippen LogP) is 4.82. The van der Waals surface area contributed by atoms with E-state index in [9.17, 15) is 14.0 Å². The zero-order valence-electron chi connectivity index (χ0n) is 21.0. The molecule has 9 nitrogen and oxygen atoms in total. The summed E-state index contributed by atoms with van der Waals surface area (Å²) in [5.41, 5.74) is 2.38. The number of urea groups is 1. The van der Waals surface area contributed by atoms with Gasteiger partial charge in [0.1, 0.15) is 16.9 Å². The van der Waals surface area contributed by atoms with Crippen LogP contribution in [-0.2, 0) is 18.2 Å². The lowest BCUT2D eigenvalue weighted by Gasteiger charge is -2.34. The molecule has 36 heavy (non-hydrogen) atoms. The van der Waals surface area contributed by atoms with E-state index >= 15 is 0 Å². The van der Waals surface area contributed by atoms with Gasteiger partial charge < -0.3 is 15.0 Å². The van der Waals surface area contributed by atoms with Crippen LogP contribution in [0.3, 0.4) is 0 Å². The van der Waals surface area contributed by atoms with Gasteiger partial charge in [-0.2, -0.15) is 5.10 Å². The van der Waals surface area contributed by atoms with Crippen LogP contribution in [-0.4, -0.2) is 57.0 Å². The van der Waals surface area contributed by atoms with Crippen LogP contribution in [0.1, 0.15) is 50.7 Å². The second-order valence-electron chi connectivity index (χ2n) is 10.5. The summed E-state index contributed by atoms with van der Waals surface area (Å²) in [6.07, 6.45) is 5.53. The van der Waals surface area contributed by atoms with E-state index in [0.717, 1.165) is 18.4 Å². The molecule has 1 fully saturated rings. The van der Waals surface area contributed by atoms with Gasteiger partial charge in [0, 0.05) is 55.7 Å². The molecular formula is C26H31FN6O3. The number of piperidine rings is 1. The molecule has 2 aromatic heterocycles. The molecule has 5 rings (SSSR count). The van der Waals surface area contributed by atoms with E-state index in [-0.39, 0.29) is 23.6 Å². The average molecular weight is 495 g/mol. The van der Waals surface area contributed by atoms with Crippen LogP contribution in [0.4, 0.5) is 25.5 Å². The zero-order chi connectivity index (χ0) is 25.6. The number of nitrogens with zero attached hydrogens (tertiary/aromatic N) is 5. The number of amides is 3. The van der Waals surface area contributed by atoms with E-state index in [0.29, 0.717) is 42.9 Å². The van der Waals surface area contributed by atoms with Crippen molar-refractivity contribution in [1.29, 1.82) is 0 Å². The molecule has 0 atom stereocenters. The second-order valence-corrected chi connectivity index (χ2v) is 10.5. The van der Waals surface area contributed by atoms with Crippen LogP contribution in [0.25, 0.3) is 10.9 Å². The van der Waals surface area contributed by atoms with Gasteiger partial charge in [0.15, 0.2) is 5.82 Å². The maximum atomic E-state index is 14.5. The number of aryl methyl sites for hydroxylation is 1. The van der Waals surface area contributed by atoms with E-state index in [1.165, 1.54) is 11.6 Å². The van der Waals surface area contributed by atoms with Gasteiger partial charge in [-0.3, -0.25) is 9.58 Å². The van der Waals surface area contributed by atoms with Gasteiger partial charge in [-0.1, -0.05) is 0 Å². The Morgan fingerprint density at radius 3 is 2.64 bits per heavy atom. The third-order valence-corrected chi connectivity index (χ3v) is 6.67. The molecule has 4 heterocycles. The van der Waals surface area contributed by atoms with Gasteiger partial charge in [-0.15, -0.1) is 0 Å². The highest BCUT2D eigenvalue weighted by Gasteiger charge is 2.33. The van der Waals surface area contributed by atoms with Gasteiger partial charge in [0.05, 0.1) is 0 Å². The minimum Gasteiger partial charge on any atom is -0.444 e. The fraction of sp³-hybridized carbons (Fsp3) is 0.462. The molecule has 0 saturated carbocycles. The van der Waals surface area contributed by atoms with Crippen molar-refractivity contribution in [1.82, 2.24) is 19.7 Å². The summed E-state index contributed by atoms with van der Waals surface area (Å²) in [6.45, 7) is 7.36. The van der Waals surface area contributed by atoms with Crippen LogP contribution >= 0.6 is 0 Å². The number of hydrogen-bond donors (Lipinski definition) is 1. The maximum Gasteiger partial charge on any atom is 0.410 e. The van der Waals surface area contributed by atoms with E-state index in [4.69, 9.17) is 4.74 Å². The first-order valence-electron chi connectivity index (χ1n) is 12.3. The number of aromatic nitrogens is 3. The monoisotopic (exact) mass is 494 g/mol. The molecule has 3 aromatic rings. The number of benzene rings is 1. The largest absolute Gasteiger partial charge is 0.444 e. The predicted molar refractivity (Wildman–Crippen MR) is 135 cm³/mol. The molecule has 1 aromatic carbocycles. The molecule has 0 bridgehead atoms. The molecule has 10 heteroatoms. The topological polar surface area (TPSA) is 92.6 Å². The summed E-state index contributed by atoms with van der Waals surface area (Å²) in [5, 5.41) is 7.54. The summed E-state index contributed by atoms with van der Waals surface area (Å²) in [6, 6.07) is 4.68. The number of rotatable bonds is 2. The summed E-state index contributed by atoms with van der Waals surface area (Å²) in [4.78, 5) is 33.4. The molecule has 1 N–H and O–H groups in total. The molecule has 0 radical (unpaired) electrons. The van der Waals surface area contributed by atoms with Crippen molar-refractivity contribution in [2.75, 3.05) is 29.9 Å². The Hall–Kier alpha value is -3.69. The lowest BCUT2D eigenvalue weighted by Crippen LogP contribution is -2.41. The summed E-state index contributed by atoms with van der Waals surface area (Å²) in [7, 11) is 1.73. The Balaban J connectivity index is 1.28. The van der Waals surface area contributed by atoms with Gasteiger partial charge in [0.2, 0.25) is 0 Å². The van der Waals surface area contributed by atoms with Crippen LogP contribution in [0.2, 0.25) is 0 Å². The molecule has 0 spiro atoms. The van der Waals surface area contributed by atoms with Crippen molar-refractivity contribution in [3.63, 3.8) is 0 Å². The highest BCUT2D eigenvalue weighted by Crippen LogP contribution is 2.37. The molecule has 3 amide bonds. The first-order chi connectivity index (χ1) is 17.1. The first kappa shape index (κ1) is 24.0. The van der Waals surface area contributed by atoms with Crippen LogP contribution < -0.4 is 10.2 Å². The quantitative estimate of drug-likeness (QED) is 0.552. The number of carbonyl (C=O) groups is 2. The SMILES string of the molecule is Cn1cc2cc(NC(=O)N3CCc4c(C5CCN(C(=O)OC(C)(C)C)CC5)ccnc43)cc(F)c2n1. The summed E-state index contributed by atoms with van der Waals surface area (Å²) >= 11 is 0. The molecular weight excluding hydrogens is 463 g/mol. The Morgan fingerprint density at radius 1 is 1.17 bits per heavy atom. The summed E-state index contributed by atoms with van der Waals surface area (Å²) < 4.78 is 21.5. The van der Waals surface area contributed by atoms with Gasteiger partial charge in [0.25, 0.3) is 0 Å². The molecule has 0 aliphatic carbocycles. The third-order valence-electron chi connectivity index (χ3n) is 6.67. The second kappa shape index (κ2) is 9.07.